The standard InChI is InChI=1S/C11H13NO3/c1-8-6-9(4-2-3-5-13)7-12-10(8)11(14)15/h2,4,6-7,13H,3,5H2,1H3,(H,14,15). The lowest BCUT2D eigenvalue weighted by atomic mass is 10.1. The highest BCUT2D eigenvalue weighted by atomic mass is 16.4. The van der Waals surface area contributed by atoms with Crippen LogP contribution >= 0.6 is 0 Å². The lowest BCUT2D eigenvalue weighted by Gasteiger charge is -2.00. The SMILES string of the molecule is Cc1cc(C=CCCO)cnc1C(=O)O. The molecule has 0 atom stereocenters. The number of aliphatic hydroxyl groups is 1. The van der Waals surface area contributed by atoms with Gasteiger partial charge in [-0.25, -0.2) is 9.78 Å². The Morgan fingerprint density at radius 1 is 1.60 bits per heavy atom. The molecule has 2 N–H and O–H groups in total. The van der Waals surface area contributed by atoms with Crippen molar-refractivity contribution in [1.82, 2.24) is 4.98 Å². The van der Waals surface area contributed by atoms with Gasteiger partial charge in [0.15, 0.2) is 5.69 Å². The van der Waals surface area contributed by atoms with Crippen LogP contribution in [0.3, 0.4) is 0 Å². The summed E-state index contributed by atoms with van der Waals surface area (Å²) in [5.41, 5.74) is 1.55. The number of aryl methyl sites for hydroxylation is 1. The van der Waals surface area contributed by atoms with Crippen LogP contribution in [0.15, 0.2) is 18.3 Å². The van der Waals surface area contributed by atoms with E-state index in [1.165, 1.54) is 6.20 Å². The fourth-order valence-electron chi connectivity index (χ4n) is 1.21. The monoisotopic (exact) mass is 207 g/mol. The van der Waals surface area contributed by atoms with E-state index in [0.717, 1.165) is 5.56 Å². The molecule has 15 heavy (non-hydrogen) atoms. The summed E-state index contributed by atoms with van der Waals surface area (Å²) in [6.45, 7) is 1.82. The van der Waals surface area contributed by atoms with Crippen LogP contribution in [-0.4, -0.2) is 27.8 Å². The van der Waals surface area contributed by atoms with Gasteiger partial charge in [-0.05, 0) is 30.5 Å². The summed E-state index contributed by atoms with van der Waals surface area (Å²) >= 11 is 0. The minimum atomic E-state index is -1.02. The van der Waals surface area contributed by atoms with Gasteiger partial charge in [-0.1, -0.05) is 12.2 Å². The van der Waals surface area contributed by atoms with Crippen LogP contribution in [0.25, 0.3) is 6.08 Å². The number of aromatic carboxylic acids is 1. The normalized spacial score (nSPS) is 10.8. The maximum atomic E-state index is 10.7. The first kappa shape index (κ1) is 11.4. The van der Waals surface area contributed by atoms with E-state index in [4.69, 9.17) is 10.2 Å². The van der Waals surface area contributed by atoms with Crippen molar-refractivity contribution in [3.05, 3.63) is 35.2 Å². The number of hydrogen-bond acceptors (Lipinski definition) is 3. The summed E-state index contributed by atoms with van der Waals surface area (Å²) in [4.78, 5) is 14.5. The number of carboxylic acid groups (broad SMARTS) is 1. The predicted octanol–water partition coefficient (Wildman–Crippen LogP) is 1.48. The molecule has 0 aliphatic heterocycles. The van der Waals surface area contributed by atoms with Gasteiger partial charge >= 0.3 is 5.97 Å². The molecule has 0 fully saturated rings. The first-order valence-corrected chi connectivity index (χ1v) is 4.62. The maximum absolute atomic E-state index is 10.7. The lowest BCUT2D eigenvalue weighted by Crippen LogP contribution is -2.03. The molecule has 0 aromatic carbocycles. The van der Waals surface area contributed by atoms with Crippen LogP contribution in [0.5, 0.6) is 0 Å². The number of hydrogen-bond donors (Lipinski definition) is 2. The Kier molecular flexibility index (Phi) is 4.00. The number of rotatable bonds is 4. The lowest BCUT2D eigenvalue weighted by molar-refractivity contribution is 0.0689. The second-order valence-electron chi connectivity index (χ2n) is 3.15. The minimum absolute atomic E-state index is 0.0781. The van der Waals surface area contributed by atoms with Crippen molar-refractivity contribution in [2.75, 3.05) is 6.61 Å². The number of aliphatic hydroxyl groups excluding tert-OH is 1. The third-order valence-corrected chi connectivity index (χ3v) is 1.91. The van der Waals surface area contributed by atoms with Gasteiger partial charge in [0.05, 0.1) is 0 Å². The second kappa shape index (κ2) is 5.26. The number of aromatic nitrogens is 1. The van der Waals surface area contributed by atoms with Crippen molar-refractivity contribution in [3.8, 4) is 0 Å². The van der Waals surface area contributed by atoms with E-state index in [9.17, 15) is 4.79 Å². The third kappa shape index (κ3) is 3.18. The van der Waals surface area contributed by atoms with Gasteiger partial charge in [0.2, 0.25) is 0 Å². The molecule has 0 unspecified atom stereocenters. The Hall–Kier alpha value is -1.68. The molecule has 1 rings (SSSR count). The van der Waals surface area contributed by atoms with Crippen molar-refractivity contribution in [1.29, 1.82) is 0 Å². The first-order valence-electron chi connectivity index (χ1n) is 4.62. The van der Waals surface area contributed by atoms with Gasteiger partial charge < -0.3 is 10.2 Å². The summed E-state index contributed by atoms with van der Waals surface area (Å²) in [5, 5.41) is 17.3. The Morgan fingerprint density at radius 3 is 2.87 bits per heavy atom. The molecular formula is C11H13NO3. The van der Waals surface area contributed by atoms with E-state index in [0.29, 0.717) is 12.0 Å². The first-order chi connectivity index (χ1) is 7.15. The number of carboxylic acids is 1. The highest BCUT2D eigenvalue weighted by Gasteiger charge is 2.07. The van der Waals surface area contributed by atoms with Crippen LogP contribution in [0.4, 0.5) is 0 Å². The molecule has 0 radical (unpaired) electrons. The highest BCUT2D eigenvalue weighted by Crippen LogP contribution is 2.09. The van der Waals surface area contributed by atoms with Crippen molar-refractivity contribution in [2.45, 2.75) is 13.3 Å². The van der Waals surface area contributed by atoms with E-state index in [-0.39, 0.29) is 12.3 Å². The molecule has 80 valence electrons. The van der Waals surface area contributed by atoms with Gasteiger partial charge in [0.25, 0.3) is 0 Å². The Balaban J connectivity index is 2.87. The van der Waals surface area contributed by atoms with Crippen molar-refractivity contribution < 1.29 is 15.0 Å². The molecule has 0 amide bonds. The number of nitrogens with zero attached hydrogens (tertiary/aromatic N) is 1. The number of carbonyl (C=O) groups is 1. The summed E-state index contributed by atoms with van der Waals surface area (Å²) in [5.74, 6) is -1.02. The third-order valence-electron chi connectivity index (χ3n) is 1.91. The van der Waals surface area contributed by atoms with E-state index in [2.05, 4.69) is 4.98 Å². The molecule has 0 saturated heterocycles. The highest BCUT2D eigenvalue weighted by molar-refractivity contribution is 5.87. The molecular weight excluding hydrogens is 194 g/mol. The van der Waals surface area contributed by atoms with Crippen molar-refractivity contribution >= 4 is 12.0 Å². The summed E-state index contributed by atoms with van der Waals surface area (Å²) in [6.07, 6.45) is 5.71. The summed E-state index contributed by atoms with van der Waals surface area (Å²) in [7, 11) is 0. The zero-order chi connectivity index (χ0) is 11.3. The largest absolute Gasteiger partial charge is 0.477 e. The number of pyridine rings is 1. The van der Waals surface area contributed by atoms with Crippen LogP contribution < -0.4 is 0 Å². The molecule has 1 aromatic heterocycles. The molecule has 0 aliphatic rings. The zero-order valence-electron chi connectivity index (χ0n) is 8.47. The Bertz CT molecular complexity index is 385. The zero-order valence-corrected chi connectivity index (χ0v) is 8.47. The van der Waals surface area contributed by atoms with Gasteiger partial charge in [0, 0.05) is 12.8 Å². The van der Waals surface area contributed by atoms with Crippen LogP contribution in [0.2, 0.25) is 0 Å². The van der Waals surface area contributed by atoms with Gasteiger partial charge in [-0.15, -0.1) is 0 Å². The smallest absolute Gasteiger partial charge is 0.354 e. The van der Waals surface area contributed by atoms with E-state index in [1.807, 2.05) is 12.2 Å². The van der Waals surface area contributed by atoms with Crippen LogP contribution in [0, 0.1) is 6.92 Å². The summed E-state index contributed by atoms with van der Waals surface area (Å²) in [6, 6.07) is 1.75. The average molecular weight is 207 g/mol. The fourth-order valence-corrected chi connectivity index (χ4v) is 1.21. The van der Waals surface area contributed by atoms with Gasteiger partial charge in [-0.3, -0.25) is 0 Å². The molecule has 1 heterocycles. The van der Waals surface area contributed by atoms with E-state index < -0.39 is 5.97 Å². The Labute approximate surface area is 87.9 Å². The van der Waals surface area contributed by atoms with Crippen molar-refractivity contribution in [2.24, 2.45) is 0 Å². The minimum Gasteiger partial charge on any atom is -0.477 e. The van der Waals surface area contributed by atoms with Crippen LogP contribution in [-0.2, 0) is 0 Å². The summed E-state index contributed by atoms with van der Waals surface area (Å²) < 4.78 is 0. The fraction of sp³-hybridized carbons (Fsp3) is 0.273. The van der Waals surface area contributed by atoms with E-state index in [1.54, 1.807) is 13.0 Å². The quantitative estimate of drug-likeness (QED) is 0.784. The molecule has 4 nitrogen and oxygen atoms in total. The van der Waals surface area contributed by atoms with Crippen molar-refractivity contribution in [3.63, 3.8) is 0 Å². The molecule has 1 aromatic rings. The van der Waals surface area contributed by atoms with Gasteiger partial charge in [-0.2, -0.15) is 0 Å². The maximum Gasteiger partial charge on any atom is 0.354 e. The Morgan fingerprint density at radius 2 is 2.33 bits per heavy atom. The van der Waals surface area contributed by atoms with Crippen LogP contribution in [0.1, 0.15) is 28.0 Å². The molecule has 0 bridgehead atoms. The topological polar surface area (TPSA) is 70.4 Å². The predicted molar refractivity (Wildman–Crippen MR) is 56.7 cm³/mol. The molecule has 0 saturated carbocycles. The average Bonchev–Trinajstić information content (AvgIpc) is 2.17. The van der Waals surface area contributed by atoms with E-state index >= 15 is 0 Å². The molecule has 4 heteroatoms. The molecule has 0 aliphatic carbocycles. The van der Waals surface area contributed by atoms with Gasteiger partial charge in [0.1, 0.15) is 0 Å². The second-order valence-corrected chi connectivity index (χ2v) is 3.15. The molecule has 0 spiro atoms.